The molecule has 1 aliphatic rings. The minimum Gasteiger partial charge on any atom is -0.496 e. The molecule has 1 saturated heterocycles. The summed E-state index contributed by atoms with van der Waals surface area (Å²) in [4.78, 5) is 0. The molecular weight excluding hydrogens is 306 g/mol. The lowest BCUT2D eigenvalue weighted by Gasteiger charge is -2.13. The summed E-state index contributed by atoms with van der Waals surface area (Å²) in [6.45, 7) is 1.07. The molecule has 1 fully saturated rings. The van der Waals surface area contributed by atoms with Crippen LogP contribution in [0.4, 0.5) is 0 Å². The van der Waals surface area contributed by atoms with Gasteiger partial charge in [-0.25, -0.2) is 0 Å². The molecule has 2 N–H and O–H groups in total. The first-order valence-electron chi connectivity index (χ1n) is 6.40. The Morgan fingerprint density at radius 3 is 3.00 bits per heavy atom. The molecule has 0 radical (unpaired) electrons. The molecule has 0 amide bonds. The topological polar surface area (TPSA) is 49.9 Å². The van der Waals surface area contributed by atoms with E-state index in [9.17, 15) is 0 Å². The molecule has 1 aromatic carbocycles. The third kappa shape index (κ3) is 2.40. The van der Waals surface area contributed by atoms with E-state index < -0.39 is 0 Å². The summed E-state index contributed by atoms with van der Waals surface area (Å²) in [5.74, 6) is 0.865. The molecule has 19 heavy (non-hydrogen) atoms. The lowest BCUT2D eigenvalue weighted by Crippen LogP contribution is -2.14. The minimum absolute atomic E-state index is 0.362. The van der Waals surface area contributed by atoms with Crippen molar-refractivity contribution in [3.8, 4) is 16.9 Å². The van der Waals surface area contributed by atoms with Crippen LogP contribution in [0.3, 0.4) is 0 Å². The Morgan fingerprint density at radius 1 is 1.37 bits per heavy atom. The Bertz CT molecular complexity index is 576. The molecule has 0 spiro atoms. The van der Waals surface area contributed by atoms with Crippen LogP contribution in [0, 0.1) is 0 Å². The van der Waals surface area contributed by atoms with Gasteiger partial charge in [-0.3, -0.25) is 5.10 Å². The molecule has 4 nitrogen and oxygen atoms in total. The monoisotopic (exact) mass is 321 g/mol. The molecule has 1 unspecified atom stereocenters. The van der Waals surface area contributed by atoms with E-state index in [2.05, 4.69) is 37.5 Å². The maximum Gasteiger partial charge on any atom is 0.126 e. The van der Waals surface area contributed by atoms with Gasteiger partial charge in [0.05, 0.1) is 19.0 Å². The van der Waals surface area contributed by atoms with Gasteiger partial charge in [0.25, 0.3) is 0 Å². The van der Waals surface area contributed by atoms with E-state index in [-0.39, 0.29) is 0 Å². The Morgan fingerprint density at radius 2 is 2.26 bits per heavy atom. The maximum atomic E-state index is 5.46. The van der Waals surface area contributed by atoms with E-state index in [1.165, 1.54) is 6.42 Å². The molecule has 0 aliphatic carbocycles. The van der Waals surface area contributed by atoms with Crippen molar-refractivity contribution >= 4 is 15.9 Å². The smallest absolute Gasteiger partial charge is 0.126 e. The quantitative estimate of drug-likeness (QED) is 0.912. The lowest BCUT2D eigenvalue weighted by molar-refractivity contribution is 0.416. The van der Waals surface area contributed by atoms with Gasteiger partial charge in [-0.1, -0.05) is 15.9 Å². The molecule has 3 rings (SSSR count). The van der Waals surface area contributed by atoms with Gasteiger partial charge in [0, 0.05) is 21.6 Å². The van der Waals surface area contributed by atoms with Gasteiger partial charge >= 0.3 is 0 Å². The van der Waals surface area contributed by atoms with Crippen molar-refractivity contribution < 1.29 is 4.74 Å². The van der Waals surface area contributed by atoms with Crippen molar-refractivity contribution in [1.29, 1.82) is 0 Å². The van der Waals surface area contributed by atoms with Crippen molar-refractivity contribution in [3.05, 3.63) is 34.6 Å². The molecule has 5 heteroatoms. The lowest BCUT2D eigenvalue weighted by atomic mass is 10.0. The van der Waals surface area contributed by atoms with Crippen molar-refractivity contribution in [2.75, 3.05) is 13.7 Å². The van der Waals surface area contributed by atoms with Crippen molar-refractivity contribution in [2.24, 2.45) is 0 Å². The highest BCUT2D eigenvalue weighted by Gasteiger charge is 2.23. The predicted molar refractivity (Wildman–Crippen MR) is 78.3 cm³/mol. The van der Waals surface area contributed by atoms with Crippen molar-refractivity contribution in [2.45, 2.75) is 18.9 Å². The second-order valence-electron chi connectivity index (χ2n) is 4.69. The Balaban J connectivity index is 2.07. The zero-order valence-corrected chi connectivity index (χ0v) is 12.3. The number of H-pyrrole nitrogens is 1. The van der Waals surface area contributed by atoms with E-state index in [4.69, 9.17) is 4.74 Å². The van der Waals surface area contributed by atoms with Gasteiger partial charge < -0.3 is 10.1 Å². The SMILES string of the molecule is COc1ccc(Br)cc1-c1cn[nH]c1C1CCCN1. The van der Waals surface area contributed by atoms with Crippen molar-refractivity contribution in [3.63, 3.8) is 0 Å². The number of aromatic nitrogens is 2. The third-order valence-corrected chi connectivity index (χ3v) is 4.02. The van der Waals surface area contributed by atoms with Crippen molar-refractivity contribution in [1.82, 2.24) is 15.5 Å². The fourth-order valence-electron chi connectivity index (χ4n) is 2.60. The average Bonchev–Trinajstić information content (AvgIpc) is 3.09. The highest BCUT2D eigenvalue weighted by atomic mass is 79.9. The van der Waals surface area contributed by atoms with Gasteiger partial charge in [0.15, 0.2) is 0 Å². The first-order chi connectivity index (χ1) is 9.29. The summed E-state index contributed by atoms with van der Waals surface area (Å²) in [6.07, 6.45) is 4.23. The third-order valence-electron chi connectivity index (χ3n) is 3.53. The molecule has 1 aliphatic heterocycles. The van der Waals surface area contributed by atoms with Crippen LogP contribution >= 0.6 is 15.9 Å². The van der Waals surface area contributed by atoms with Crippen LogP contribution in [0.25, 0.3) is 11.1 Å². The van der Waals surface area contributed by atoms with Crippen LogP contribution in [0.1, 0.15) is 24.6 Å². The number of methoxy groups -OCH3 is 1. The number of ether oxygens (including phenoxy) is 1. The fraction of sp³-hybridized carbons (Fsp3) is 0.357. The minimum atomic E-state index is 0.362. The number of aromatic amines is 1. The number of hydrogen-bond acceptors (Lipinski definition) is 3. The number of nitrogens with one attached hydrogen (secondary N) is 2. The molecule has 100 valence electrons. The standard InChI is InChI=1S/C14H16BrN3O/c1-19-13-5-4-9(15)7-10(13)11-8-17-18-14(11)12-3-2-6-16-12/h4-5,7-8,12,16H,2-3,6H2,1H3,(H,17,18). The summed E-state index contributed by atoms with van der Waals surface area (Å²) >= 11 is 3.52. The Hall–Kier alpha value is -1.33. The van der Waals surface area contributed by atoms with Crippen LogP contribution in [-0.4, -0.2) is 23.9 Å². The van der Waals surface area contributed by atoms with Gasteiger partial charge in [-0.15, -0.1) is 0 Å². The first-order valence-corrected chi connectivity index (χ1v) is 7.19. The second-order valence-corrected chi connectivity index (χ2v) is 5.61. The summed E-state index contributed by atoms with van der Waals surface area (Å²) in [5.41, 5.74) is 3.32. The molecule has 2 aromatic rings. The van der Waals surface area contributed by atoms with Crippen LogP contribution in [-0.2, 0) is 0 Å². The van der Waals surface area contributed by atoms with E-state index in [0.717, 1.165) is 40.0 Å². The van der Waals surface area contributed by atoms with Crippen LogP contribution in [0.2, 0.25) is 0 Å². The molecule has 0 saturated carbocycles. The highest BCUT2D eigenvalue weighted by molar-refractivity contribution is 9.10. The molecule has 1 atom stereocenters. The molecule has 0 bridgehead atoms. The second kappa shape index (κ2) is 5.35. The van der Waals surface area contributed by atoms with Crippen LogP contribution in [0.5, 0.6) is 5.75 Å². The predicted octanol–water partition coefficient (Wildman–Crippen LogP) is 3.27. The fourth-order valence-corrected chi connectivity index (χ4v) is 2.96. The van der Waals surface area contributed by atoms with Gasteiger partial charge in [0.1, 0.15) is 5.75 Å². The van der Waals surface area contributed by atoms with Crippen LogP contribution < -0.4 is 10.1 Å². The van der Waals surface area contributed by atoms with Crippen LogP contribution in [0.15, 0.2) is 28.9 Å². The van der Waals surface area contributed by atoms with E-state index >= 15 is 0 Å². The summed E-state index contributed by atoms with van der Waals surface area (Å²) < 4.78 is 6.50. The summed E-state index contributed by atoms with van der Waals surface area (Å²) in [5, 5.41) is 10.8. The van der Waals surface area contributed by atoms with E-state index in [1.54, 1.807) is 7.11 Å². The van der Waals surface area contributed by atoms with Gasteiger partial charge in [-0.2, -0.15) is 5.10 Å². The van der Waals surface area contributed by atoms with E-state index in [1.807, 2.05) is 18.3 Å². The number of rotatable bonds is 3. The number of hydrogen-bond donors (Lipinski definition) is 2. The zero-order valence-electron chi connectivity index (χ0n) is 10.7. The Labute approximate surface area is 120 Å². The number of halogens is 1. The molecule has 2 heterocycles. The largest absolute Gasteiger partial charge is 0.496 e. The highest BCUT2D eigenvalue weighted by Crippen LogP contribution is 2.37. The van der Waals surface area contributed by atoms with E-state index in [0.29, 0.717) is 6.04 Å². The number of benzene rings is 1. The first kappa shape index (κ1) is 12.7. The average molecular weight is 322 g/mol. The van der Waals surface area contributed by atoms with Gasteiger partial charge in [-0.05, 0) is 37.6 Å². The molecule has 1 aromatic heterocycles. The maximum absolute atomic E-state index is 5.46. The Kier molecular flexibility index (Phi) is 3.57. The number of nitrogens with zero attached hydrogens (tertiary/aromatic N) is 1. The van der Waals surface area contributed by atoms with Gasteiger partial charge in [0.2, 0.25) is 0 Å². The zero-order chi connectivity index (χ0) is 13.2. The molecular formula is C14H16BrN3O. The normalized spacial score (nSPS) is 18.7. The summed E-state index contributed by atoms with van der Waals surface area (Å²) in [6, 6.07) is 6.39. The summed E-state index contributed by atoms with van der Waals surface area (Å²) in [7, 11) is 1.69.